The van der Waals surface area contributed by atoms with E-state index in [0.29, 0.717) is 28.1 Å². The van der Waals surface area contributed by atoms with Crippen LogP contribution in [0.1, 0.15) is 18.1 Å². The fraction of sp³-hybridized carbons (Fsp3) is 0.208. The van der Waals surface area contributed by atoms with Gasteiger partial charge in [0, 0.05) is 4.47 Å². The molecule has 0 fully saturated rings. The van der Waals surface area contributed by atoms with Gasteiger partial charge >= 0.3 is 0 Å². The van der Waals surface area contributed by atoms with Gasteiger partial charge in [0.15, 0.2) is 0 Å². The van der Waals surface area contributed by atoms with Gasteiger partial charge in [0.25, 0.3) is 0 Å². The highest BCUT2D eigenvalue weighted by Gasteiger charge is 2.27. The van der Waals surface area contributed by atoms with Crippen LogP contribution in [-0.2, 0) is 21.2 Å². The monoisotopic (exact) mass is 516 g/mol. The van der Waals surface area contributed by atoms with Crippen LogP contribution in [0.25, 0.3) is 0 Å². The number of hydrogen-bond donors (Lipinski definition) is 2. The Bertz CT molecular complexity index is 1180. The van der Waals surface area contributed by atoms with Gasteiger partial charge < -0.3 is 10.1 Å². The van der Waals surface area contributed by atoms with E-state index in [1.165, 1.54) is 6.07 Å². The summed E-state index contributed by atoms with van der Waals surface area (Å²) in [5, 5.41) is 2.81. The molecule has 3 aromatic rings. The summed E-state index contributed by atoms with van der Waals surface area (Å²) in [5.74, 6) is 0.172. The molecular weight excluding hydrogens is 492 g/mol. The molecule has 6 nitrogen and oxygen atoms in total. The number of sulfonamides is 1. The third kappa shape index (κ3) is 6.18. The summed E-state index contributed by atoms with van der Waals surface area (Å²) < 4.78 is 35.1. The SMILES string of the molecule is CCOc1ccc(S(=O)(=O)NC(Cc2ccccc2)C(=O)Nc2ccccc2Br)cc1C. The largest absolute Gasteiger partial charge is 0.494 e. The number of nitrogens with one attached hydrogen (secondary N) is 2. The first kappa shape index (κ1) is 24.0. The van der Waals surface area contributed by atoms with Gasteiger partial charge in [-0.05, 0) is 77.7 Å². The highest BCUT2D eigenvalue weighted by atomic mass is 79.9. The molecule has 0 aliphatic heterocycles. The zero-order chi connectivity index (χ0) is 23.1. The number of hydrogen-bond acceptors (Lipinski definition) is 4. The quantitative estimate of drug-likeness (QED) is 0.432. The van der Waals surface area contributed by atoms with Crippen LogP contribution in [-0.4, -0.2) is 27.0 Å². The number of anilines is 1. The minimum absolute atomic E-state index is 0.0743. The predicted molar refractivity (Wildman–Crippen MR) is 129 cm³/mol. The van der Waals surface area contributed by atoms with Crippen molar-refractivity contribution in [3.05, 3.63) is 88.4 Å². The Labute approximate surface area is 197 Å². The van der Waals surface area contributed by atoms with Crippen molar-refractivity contribution in [2.45, 2.75) is 31.2 Å². The number of amides is 1. The topological polar surface area (TPSA) is 84.5 Å². The number of carbonyl (C=O) groups excluding carboxylic acids is 1. The lowest BCUT2D eigenvalue weighted by Crippen LogP contribution is -2.45. The summed E-state index contributed by atoms with van der Waals surface area (Å²) in [6.07, 6.45) is 0.201. The van der Waals surface area contributed by atoms with Crippen molar-refractivity contribution < 1.29 is 17.9 Å². The highest BCUT2D eigenvalue weighted by molar-refractivity contribution is 9.10. The molecule has 0 aromatic heterocycles. The summed E-state index contributed by atoms with van der Waals surface area (Å²) in [4.78, 5) is 13.2. The molecule has 2 N–H and O–H groups in total. The lowest BCUT2D eigenvalue weighted by molar-refractivity contribution is -0.117. The predicted octanol–water partition coefficient (Wildman–Crippen LogP) is 4.68. The van der Waals surface area contributed by atoms with E-state index in [9.17, 15) is 13.2 Å². The molecule has 0 radical (unpaired) electrons. The molecule has 3 aromatic carbocycles. The van der Waals surface area contributed by atoms with Crippen LogP contribution >= 0.6 is 15.9 Å². The number of benzene rings is 3. The second kappa shape index (κ2) is 10.8. The average Bonchev–Trinajstić information content (AvgIpc) is 2.77. The Morgan fingerprint density at radius 3 is 2.38 bits per heavy atom. The third-order valence-electron chi connectivity index (χ3n) is 4.78. The van der Waals surface area contributed by atoms with Gasteiger partial charge in [-0.15, -0.1) is 0 Å². The normalized spacial score (nSPS) is 12.2. The molecule has 0 saturated carbocycles. The number of halogens is 1. The van der Waals surface area contributed by atoms with Crippen molar-refractivity contribution >= 4 is 37.5 Å². The number of ether oxygens (including phenoxy) is 1. The van der Waals surface area contributed by atoms with Crippen LogP contribution in [0.5, 0.6) is 5.75 Å². The Hall–Kier alpha value is -2.68. The molecule has 8 heteroatoms. The first-order valence-electron chi connectivity index (χ1n) is 10.1. The maximum atomic E-state index is 13.1. The second-order valence-corrected chi connectivity index (χ2v) is 9.76. The molecule has 0 saturated heterocycles. The number of rotatable bonds is 9. The minimum Gasteiger partial charge on any atom is -0.494 e. The lowest BCUT2D eigenvalue weighted by Gasteiger charge is -2.20. The van der Waals surface area contributed by atoms with Crippen molar-refractivity contribution in [1.82, 2.24) is 4.72 Å². The molecule has 0 spiro atoms. The van der Waals surface area contributed by atoms with E-state index in [-0.39, 0.29) is 11.3 Å². The van der Waals surface area contributed by atoms with Gasteiger partial charge in [0.05, 0.1) is 17.2 Å². The van der Waals surface area contributed by atoms with E-state index >= 15 is 0 Å². The summed E-state index contributed by atoms with van der Waals surface area (Å²) in [7, 11) is -3.96. The summed E-state index contributed by atoms with van der Waals surface area (Å²) in [6.45, 7) is 4.13. The molecule has 168 valence electrons. The maximum absolute atomic E-state index is 13.1. The van der Waals surface area contributed by atoms with Crippen LogP contribution in [0, 0.1) is 6.92 Å². The molecule has 1 unspecified atom stereocenters. The van der Waals surface area contributed by atoms with Crippen molar-refractivity contribution in [3.63, 3.8) is 0 Å². The van der Waals surface area contributed by atoms with Crippen LogP contribution in [0.2, 0.25) is 0 Å². The van der Waals surface area contributed by atoms with Crippen molar-refractivity contribution in [2.75, 3.05) is 11.9 Å². The number of para-hydroxylation sites is 1. The first-order valence-corrected chi connectivity index (χ1v) is 12.4. The van der Waals surface area contributed by atoms with E-state index in [1.54, 1.807) is 37.3 Å². The Morgan fingerprint density at radius 2 is 1.72 bits per heavy atom. The zero-order valence-electron chi connectivity index (χ0n) is 17.8. The van der Waals surface area contributed by atoms with Crippen LogP contribution in [0.3, 0.4) is 0 Å². The Balaban J connectivity index is 1.88. The molecular formula is C24H25BrN2O4S. The van der Waals surface area contributed by atoms with Gasteiger partial charge in [-0.25, -0.2) is 8.42 Å². The summed E-state index contributed by atoms with van der Waals surface area (Å²) in [6, 6.07) is 20.1. The molecule has 1 atom stereocenters. The van der Waals surface area contributed by atoms with Crippen molar-refractivity contribution in [3.8, 4) is 5.75 Å². The van der Waals surface area contributed by atoms with Crippen LogP contribution in [0.4, 0.5) is 5.69 Å². The second-order valence-electron chi connectivity index (χ2n) is 7.19. The third-order valence-corrected chi connectivity index (χ3v) is 6.95. The zero-order valence-corrected chi connectivity index (χ0v) is 20.2. The molecule has 1 amide bonds. The minimum atomic E-state index is -3.96. The van der Waals surface area contributed by atoms with Gasteiger partial charge in [0.1, 0.15) is 11.8 Å². The molecule has 0 bridgehead atoms. The highest BCUT2D eigenvalue weighted by Crippen LogP contribution is 2.24. The summed E-state index contributed by atoms with van der Waals surface area (Å²) >= 11 is 3.40. The van der Waals surface area contributed by atoms with Crippen molar-refractivity contribution in [2.24, 2.45) is 0 Å². The Kier molecular flexibility index (Phi) is 8.06. The van der Waals surface area contributed by atoms with E-state index in [0.717, 1.165) is 5.56 Å². The van der Waals surface area contributed by atoms with E-state index in [1.807, 2.05) is 43.3 Å². The lowest BCUT2D eigenvalue weighted by atomic mass is 10.1. The fourth-order valence-corrected chi connectivity index (χ4v) is 4.85. The average molecular weight is 517 g/mol. The van der Waals surface area contributed by atoms with E-state index < -0.39 is 22.0 Å². The van der Waals surface area contributed by atoms with E-state index in [2.05, 4.69) is 26.0 Å². The molecule has 3 rings (SSSR count). The van der Waals surface area contributed by atoms with Gasteiger partial charge in [0.2, 0.25) is 15.9 Å². The molecule has 0 aliphatic rings. The molecule has 0 heterocycles. The number of aryl methyl sites for hydroxylation is 1. The van der Waals surface area contributed by atoms with Gasteiger partial charge in [-0.1, -0.05) is 42.5 Å². The van der Waals surface area contributed by atoms with Gasteiger partial charge in [-0.2, -0.15) is 4.72 Å². The van der Waals surface area contributed by atoms with Gasteiger partial charge in [-0.3, -0.25) is 4.79 Å². The van der Waals surface area contributed by atoms with E-state index in [4.69, 9.17) is 4.74 Å². The standard InChI is InChI=1S/C24H25BrN2O4S/c1-3-31-23-14-13-19(15-17(23)2)32(29,30)27-22(16-18-9-5-4-6-10-18)24(28)26-21-12-8-7-11-20(21)25/h4-15,22,27H,3,16H2,1-2H3,(H,26,28). The number of carbonyl (C=O) groups is 1. The van der Waals surface area contributed by atoms with Crippen LogP contribution < -0.4 is 14.8 Å². The first-order chi connectivity index (χ1) is 15.3. The Morgan fingerprint density at radius 1 is 1.03 bits per heavy atom. The van der Waals surface area contributed by atoms with Crippen molar-refractivity contribution in [1.29, 1.82) is 0 Å². The maximum Gasteiger partial charge on any atom is 0.242 e. The molecule has 32 heavy (non-hydrogen) atoms. The summed E-state index contributed by atoms with van der Waals surface area (Å²) in [5.41, 5.74) is 2.10. The smallest absolute Gasteiger partial charge is 0.242 e. The van der Waals surface area contributed by atoms with Crippen LogP contribution in [0.15, 0.2) is 82.2 Å². The molecule has 0 aliphatic carbocycles. The fourth-order valence-electron chi connectivity index (χ4n) is 3.18.